The Morgan fingerprint density at radius 3 is 1.53 bits per heavy atom. The summed E-state index contributed by atoms with van der Waals surface area (Å²) in [6.07, 6.45) is 15.2. The SMILES string of the molecule is C\C=C/C(=C/C=Nc1cccc(C#N)c1)C(/C=C\C)=C/C=Nc1cccc(C#N)c1. The first kappa shape index (κ1) is 22.0. The number of nitrogens with zero attached hydrogens (tertiary/aromatic N) is 4. The molecule has 30 heavy (non-hydrogen) atoms. The number of benzene rings is 2. The van der Waals surface area contributed by atoms with E-state index in [-0.39, 0.29) is 0 Å². The molecule has 0 N–H and O–H groups in total. The van der Waals surface area contributed by atoms with E-state index in [1.807, 2.05) is 74.6 Å². The number of nitriles is 2. The molecule has 0 atom stereocenters. The summed E-state index contributed by atoms with van der Waals surface area (Å²) in [7, 11) is 0. The molecular weight excluding hydrogens is 368 g/mol. The van der Waals surface area contributed by atoms with E-state index in [0.717, 1.165) is 22.5 Å². The van der Waals surface area contributed by atoms with Crippen molar-refractivity contribution in [2.75, 3.05) is 0 Å². The lowest BCUT2D eigenvalue weighted by Gasteiger charge is -2.02. The van der Waals surface area contributed by atoms with Gasteiger partial charge in [0.2, 0.25) is 0 Å². The molecule has 0 aliphatic rings. The van der Waals surface area contributed by atoms with Crippen LogP contribution >= 0.6 is 0 Å². The van der Waals surface area contributed by atoms with Crippen molar-refractivity contribution in [3.8, 4) is 12.1 Å². The third kappa shape index (κ3) is 7.03. The molecule has 0 amide bonds. The van der Waals surface area contributed by atoms with Crippen LogP contribution in [-0.2, 0) is 0 Å². The molecule has 0 fully saturated rings. The molecule has 0 unspecified atom stereocenters. The molecule has 0 saturated carbocycles. The first-order valence-corrected chi connectivity index (χ1v) is 9.45. The lowest BCUT2D eigenvalue weighted by molar-refractivity contribution is 1.46. The van der Waals surface area contributed by atoms with Gasteiger partial charge in [-0.1, -0.05) is 36.4 Å². The molecule has 0 saturated heterocycles. The minimum absolute atomic E-state index is 0.577. The zero-order valence-electron chi connectivity index (χ0n) is 17.0. The van der Waals surface area contributed by atoms with Crippen LogP contribution in [0.25, 0.3) is 0 Å². The van der Waals surface area contributed by atoms with E-state index < -0.39 is 0 Å². The first-order chi connectivity index (χ1) is 14.7. The third-order valence-corrected chi connectivity index (χ3v) is 3.93. The van der Waals surface area contributed by atoms with E-state index in [2.05, 4.69) is 22.1 Å². The molecule has 0 bridgehead atoms. The Balaban J connectivity index is 2.30. The van der Waals surface area contributed by atoms with Crippen LogP contribution in [0.2, 0.25) is 0 Å². The summed E-state index contributed by atoms with van der Waals surface area (Å²) in [5, 5.41) is 18.0. The van der Waals surface area contributed by atoms with Crippen LogP contribution in [-0.4, -0.2) is 12.4 Å². The highest BCUT2D eigenvalue weighted by Crippen LogP contribution is 2.17. The van der Waals surface area contributed by atoms with Crippen LogP contribution in [0, 0.1) is 22.7 Å². The minimum Gasteiger partial charge on any atom is -0.257 e. The number of aliphatic imine (C=N–C) groups is 2. The second-order valence-corrected chi connectivity index (χ2v) is 6.12. The van der Waals surface area contributed by atoms with Gasteiger partial charge in [0.25, 0.3) is 0 Å². The van der Waals surface area contributed by atoms with E-state index in [1.165, 1.54) is 0 Å². The highest BCUT2D eigenvalue weighted by Gasteiger charge is 1.98. The van der Waals surface area contributed by atoms with Crippen molar-refractivity contribution in [2.24, 2.45) is 9.98 Å². The molecule has 2 aromatic rings. The fourth-order valence-electron chi connectivity index (χ4n) is 2.57. The van der Waals surface area contributed by atoms with Crippen LogP contribution in [0.1, 0.15) is 25.0 Å². The molecule has 0 aliphatic heterocycles. The predicted molar refractivity (Wildman–Crippen MR) is 124 cm³/mol. The van der Waals surface area contributed by atoms with Crippen LogP contribution in [0.3, 0.4) is 0 Å². The maximum Gasteiger partial charge on any atom is 0.0992 e. The van der Waals surface area contributed by atoms with Crippen LogP contribution in [0.4, 0.5) is 11.4 Å². The third-order valence-electron chi connectivity index (χ3n) is 3.93. The Bertz CT molecular complexity index is 1040. The van der Waals surface area contributed by atoms with Crippen LogP contribution in [0.5, 0.6) is 0 Å². The Labute approximate surface area is 177 Å². The number of allylic oxidation sites excluding steroid dienone is 8. The van der Waals surface area contributed by atoms with Crippen molar-refractivity contribution in [1.82, 2.24) is 0 Å². The van der Waals surface area contributed by atoms with Crippen molar-refractivity contribution < 1.29 is 0 Å². The summed E-state index contributed by atoms with van der Waals surface area (Å²) in [4.78, 5) is 8.85. The van der Waals surface area contributed by atoms with Gasteiger partial charge in [-0.15, -0.1) is 0 Å². The monoisotopic (exact) mass is 390 g/mol. The fraction of sp³-hybridized carbons (Fsp3) is 0.0769. The summed E-state index contributed by atoms with van der Waals surface area (Å²) in [5.41, 5.74) is 4.53. The van der Waals surface area contributed by atoms with Gasteiger partial charge in [-0.25, -0.2) is 0 Å². The van der Waals surface area contributed by atoms with E-state index in [1.54, 1.807) is 36.7 Å². The van der Waals surface area contributed by atoms with Gasteiger partial charge in [0.15, 0.2) is 0 Å². The van der Waals surface area contributed by atoms with Gasteiger partial charge in [0.1, 0.15) is 0 Å². The highest BCUT2D eigenvalue weighted by atomic mass is 14.7. The second kappa shape index (κ2) is 12.2. The largest absolute Gasteiger partial charge is 0.257 e. The van der Waals surface area contributed by atoms with E-state index >= 15 is 0 Å². The number of hydrogen-bond acceptors (Lipinski definition) is 4. The zero-order chi connectivity index (χ0) is 21.6. The summed E-state index contributed by atoms with van der Waals surface area (Å²) in [6.45, 7) is 3.91. The molecule has 4 heteroatoms. The second-order valence-electron chi connectivity index (χ2n) is 6.12. The van der Waals surface area contributed by atoms with E-state index in [9.17, 15) is 0 Å². The number of rotatable bonds is 7. The van der Waals surface area contributed by atoms with E-state index in [0.29, 0.717) is 11.1 Å². The van der Waals surface area contributed by atoms with Gasteiger partial charge in [-0.05, 0) is 73.5 Å². The molecule has 4 nitrogen and oxygen atoms in total. The molecule has 2 aromatic carbocycles. The minimum atomic E-state index is 0.577. The van der Waals surface area contributed by atoms with Crippen molar-refractivity contribution >= 4 is 23.8 Å². The van der Waals surface area contributed by atoms with Gasteiger partial charge in [-0.3, -0.25) is 9.98 Å². The number of hydrogen-bond donors (Lipinski definition) is 0. The normalized spacial score (nSPS) is 12.8. The predicted octanol–water partition coefficient (Wildman–Crippen LogP) is 6.54. The molecule has 146 valence electrons. The first-order valence-electron chi connectivity index (χ1n) is 9.45. The highest BCUT2D eigenvalue weighted by molar-refractivity contribution is 5.82. The van der Waals surface area contributed by atoms with Gasteiger partial charge in [0.05, 0.1) is 34.6 Å². The maximum atomic E-state index is 9.01. The molecule has 0 aliphatic carbocycles. The van der Waals surface area contributed by atoms with Crippen molar-refractivity contribution in [3.05, 3.63) is 107 Å². The van der Waals surface area contributed by atoms with Gasteiger partial charge in [0, 0.05) is 12.4 Å². The van der Waals surface area contributed by atoms with Gasteiger partial charge >= 0.3 is 0 Å². The average molecular weight is 390 g/mol. The Morgan fingerprint density at radius 1 is 0.733 bits per heavy atom. The Kier molecular flexibility index (Phi) is 8.98. The fourth-order valence-corrected chi connectivity index (χ4v) is 2.57. The van der Waals surface area contributed by atoms with Gasteiger partial charge in [-0.2, -0.15) is 10.5 Å². The molecule has 2 rings (SSSR count). The lowest BCUT2D eigenvalue weighted by Crippen LogP contribution is -1.86. The molecule has 0 aromatic heterocycles. The topological polar surface area (TPSA) is 72.3 Å². The van der Waals surface area contributed by atoms with Crippen LogP contribution < -0.4 is 0 Å². The summed E-state index contributed by atoms with van der Waals surface area (Å²) >= 11 is 0. The summed E-state index contributed by atoms with van der Waals surface area (Å²) in [5.74, 6) is 0. The molecule has 0 heterocycles. The maximum absolute atomic E-state index is 9.01. The Hall–Kier alpha value is -4.28. The zero-order valence-corrected chi connectivity index (χ0v) is 17.0. The quantitative estimate of drug-likeness (QED) is 0.398. The van der Waals surface area contributed by atoms with Crippen LogP contribution in [0.15, 0.2) is 106 Å². The standard InChI is InChI=1S/C26H22N4/c1-3-7-23(13-15-29-25-11-5-9-21(17-25)19-27)24(8-4-2)14-16-30-26-12-6-10-22(18-26)20-28/h3-18H,1-2H3/b7-3-,8-4-,23-13-,24-14+,29-15?,30-16?. The smallest absolute Gasteiger partial charge is 0.0992 e. The van der Waals surface area contributed by atoms with Gasteiger partial charge < -0.3 is 0 Å². The molecule has 0 spiro atoms. The van der Waals surface area contributed by atoms with Crippen molar-refractivity contribution in [2.45, 2.75) is 13.8 Å². The Morgan fingerprint density at radius 2 is 1.17 bits per heavy atom. The van der Waals surface area contributed by atoms with Crippen molar-refractivity contribution in [1.29, 1.82) is 10.5 Å². The van der Waals surface area contributed by atoms with Crippen molar-refractivity contribution in [3.63, 3.8) is 0 Å². The van der Waals surface area contributed by atoms with E-state index in [4.69, 9.17) is 10.5 Å². The summed E-state index contributed by atoms with van der Waals surface area (Å²) in [6, 6.07) is 18.5. The average Bonchev–Trinajstić information content (AvgIpc) is 2.78. The lowest BCUT2D eigenvalue weighted by atomic mass is 10.0. The molecular formula is C26H22N4. The summed E-state index contributed by atoms with van der Waals surface area (Å²) < 4.78 is 0. The molecule has 0 radical (unpaired) electrons.